The van der Waals surface area contributed by atoms with Crippen LogP contribution in [0, 0.1) is 12.8 Å². The van der Waals surface area contributed by atoms with Gasteiger partial charge >= 0.3 is 0 Å². The van der Waals surface area contributed by atoms with Crippen molar-refractivity contribution in [1.82, 2.24) is 9.21 Å². The Labute approximate surface area is 156 Å². The second-order valence-corrected chi connectivity index (χ2v) is 9.01. The lowest BCUT2D eigenvalue weighted by Crippen LogP contribution is -2.43. The van der Waals surface area contributed by atoms with Crippen LogP contribution in [0.3, 0.4) is 0 Å². The average Bonchev–Trinajstić information content (AvgIpc) is 3.17. The van der Waals surface area contributed by atoms with E-state index in [9.17, 15) is 13.2 Å². The minimum absolute atomic E-state index is 0.0402. The zero-order chi connectivity index (χ0) is 18.7. The number of hydrogen-bond acceptors (Lipinski definition) is 4. The van der Waals surface area contributed by atoms with E-state index in [2.05, 4.69) is 0 Å². The number of sulfonamides is 1. The minimum Gasteiger partial charge on any atom is -0.494 e. The molecule has 0 spiro atoms. The number of aryl methyl sites for hydroxylation is 1. The molecule has 1 aromatic rings. The first-order chi connectivity index (χ1) is 12.4. The molecule has 2 fully saturated rings. The Kier molecular flexibility index (Phi) is 5.87. The highest BCUT2D eigenvalue weighted by molar-refractivity contribution is 7.89. The molecule has 3 rings (SSSR count). The molecule has 0 unspecified atom stereocenters. The van der Waals surface area contributed by atoms with Crippen molar-refractivity contribution >= 4 is 15.9 Å². The zero-order valence-corrected chi connectivity index (χ0v) is 16.4. The number of carbonyl (C=O) groups excluding carboxylic acids is 1. The van der Waals surface area contributed by atoms with Gasteiger partial charge in [-0.2, -0.15) is 4.31 Å². The quantitative estimate of drug-likeness (QED) is 0.787. The fourth-order valence-electron chi connectivity index (χ4n) is 3.79. The van der Waals surface area contributed by atoms with Crippen LogP contribution in [0.4, 0.5) is 0 Å². The van der Waals surface area contributed by atoms with Crippen LogP contribution < -0.4 is 4.74 Å². The van der Waals surface area contributed by atoms with Crippen LogP contribution >= 0.6 is 0 Å². The number of benzene rings is 1. The fraction of sp³-hybridized carbons (Fsp3) is 0.632. The number of hydrogen-bond donors (Lipinski definition) is 0. The maximum absolute atomic E-state index is 12.9. The summed E-state index contributed by atoms with van der Waals surface area (Å²) in [5, 5.41) is 0. The number of rotatable bonds is 5. The van der Waals surface area contributed by atoms with Gasteiger partial charge in [-0.25, -0.2) is 8.42 Å². The SMILES string of the molecule is CCOc1ccc(S(=O)(=O)N2CCC(C(=O)N3CCCC3)CC2)cc1C. The molecule has 0 aromatic heterocycles. The van der Waals surface area contributed by atoms with Crippen molar-refractivity contribution in [2.24, 2.45) is 5.92 Å². The molecular formula is C19H28N2O4S. The van der Waals surface area contributed by atoms with Crippen LogP contribution in [-0.4, -0.2) is 56.3 Å². The molecule has 2 saturated heterocycles. The van der Waals surface area contributed by atoms with Crippen molar-refractivity contribution < 1.29 is 17.9 Å². The summed E-state index contributed by atoms with van der Waals surface area (Å²) in [6.45, 7) is 6.80. The van der Waals surface area contributed by atoms with Gasteiger partial charge in [0.1, 0.15) is 5.75 Å². The van der Waals surface area contributed by atoms with E-state index in [0.29, 0.717) is 43.2 Å². The van der Waals surface area contributed by atoms with Crippen LogP contribution in [0.1, 0.15) is 38.2 Å². The minimum atomic E-state index is -3.53. The fourth-order valence-corrected chi connectivity index (χ4v) is 5.34. The van der Waals surface area contributed by atoms with Gasteiger partial charge in [-0.05, 0) is 63.3 Å². The molecule has 2 aliphatic heterocycles. The van der Waals surface area contributed by atoms with E-state index in [-0.39, 0.29) is 11.8 Å². The molecular weight excluding hydrogens is 352 g/mol. The summed E-state index contributed by atoms with van der Waals surface area (Å²) in [4.78, 5) is 14.7. The highest BCUT2D eigenvalue weighted by atomic mass is 32.2. The van der Waals surface area contributed by atoms with Gasteiger partial charge in [-0.3, -0.25) is 4.79 Å². The molecule has 144 valence electrons. The summed E-state index contributed by atoms with van der Waals surface area (Å²) in [7, 11) is -3.53. The molecule has 0 radical (unpaired) electrons. The van der Waals surface area contributed by atoms with E-state index in [1.807, 2.05) is 18.7 Å². The first kappa shape index (κ1) is 19.2. The van der Waals surface area contributed by atoms with Crippen LogP contribution in [0.15, 0.2) is 23.1 Å². The highest BCUT2D eigenvalue weighted by Gasteiger charge is 2.34. The standard InChI is InChI=1S/C19H28N2O4S/c1-3-25-18-7-6-17(14-15(18)2)26(23,24)21-12-8-16(9-13-21)19(22)20-10-4-5-11-20/h6-7,14,16H,3-5,8-13H2,1-2H3. The van der Waals surface area contributed by atoms with E-state index in [0.717, 1.165) is 31.5 Å². The molecule has 0 saturated carbocycles. The zero-order valence-electron chi connectivity index (χ0n) is 15.6. The number of nitrogens with zero attached hydrogens (tertiary/aromatic N) is 2. The van der Waals surface area contributed by atoms with Crippen LogP contribution in [-0.2, 0) is 14.8 Å². The summed E-state index contributed by atoms with van der Waals surface area (Å²) < 4.78 is 32.9. The van der Waals surface area contributed by atoms with Crippen molar-refractivity contribution in [2.75, 3.05) is 32.8 Å². The predicted octanol–water partition coefficient (Wildman–Crippen LogP) is 2.42. The number of carbonyl (C=O) groups is 1. The van der Waals surface area contributed by atoms with Crippen LogP contribution in [0.5, 0.6) is 5.75 Å². The number of amides is 1. The van der Waals surface area contributed by atoms with Gasteiger partial charge in [-0.15, -0.1) is 0 Å². The summed E-state index contributed by atoms with van der Waals surface area (Å²) in [6, 6.07) is 4.99. The third kappa shape index (κ3) is 3.88. The van der Waals surface area contributed by atoms with Crippen molar-refractivity contribution in [3.63, 3.8) is 0 Å². The number of piperidine rings is 1. The largest absolute Gasteiger partial charge is 0.494 e. The van der Waals surface area contributed by atoms with Gasteiger partial charge in [0.15, 0.2) is 0 Å². The van der Waals surface area contributed by atoms with E-state index < -0.39 is 10.0 Å². The first-order valence-electron chi connectivity index (χ1n) is 9.46. The van der Waals surface area contributed by atoms with Crippen LogP contribution in [0.2, 0.25) is 0 Å². The number of likely N-dealkylation sites (tertiary alicyclic amines) is 1. The third-order valence-electron chi connectivity index (χ3n) is 5.30. The van der Waals surface area contributed by atoms with Gasteiger partial charge in [0.2, 0.25) is 15.9 Å². The summed E-state index contributed by atoms with van der Waals surface area (Å²) in [5.74, 6) is 0.874. The monoisotopic (exact) mass is 380 g/mol. The Morgan fingerprint density at radius 3 is 2.38 bits per heavy atom. The highest BCUT2D eigenvalue weighted by Crippen LogP contribution is 2.28. The Hall–Kier alpha value is -1.60. The van der Waals surface area contributed by atoms with E-state index in [1.165, 1.54) is 4.31 Å². The molecule has 2 heterocycles. The molecule has 1 amide bonds. The molecule has 0 aliphatic carbocycles. The van der Waals surface area contributed by atoms with Crippen molar-refractivity contribution in [3.8, 4) is 5.75 Å². The molecule has 1 aromatic carbocycles. The second-order valence-electron chi connectivity index (χ2n) is 7.07. The van der Waals surface area contributed by atoms with E-state index in [1.54, 1.807) is 18.2 Å². The Bertz CT molecular complexity index is 749. The molecule has 0 bridgehead atoms. The summed E-state index contributed by atoms with van der Waals surface area (Å²) in [5.41, 5.74) is 0.812. The first-order valence-corrected chi connectivity index (χ1v) is 10.9. The molecule has 0 atom stereocenters. The normalized spacial score (nSPS) is 19.7. The lowest BCUT2D eigenvalue weighted by atomic mass is 9.97. The van der Waals surface area contributed by atoms with Crippen molar-refractivity contribution in [2.45, 2.75) is 44.4 Å². The molecule has 2 aliphatic rings. The van der Waals surface area contributed by atoms with Crippen LogP contribution in [0.25, 0.3) is 0 Å². The topological polar surface area (TPSA) is 66.9 Å². The maximum atomic E-state index is 12.9. The molecule has 7 heteroatoms. The molecule has 26 heavy (non-hydrogen) atoms. The Morgan fingerprint density at radius 2 is 1.81 bits per heavy atom. The molecule has 6 nitrogen and oxygen atoms in total. The predicted molar refractivity (Wildman–Crippen MR) is 99.6 cm³/mol. The van der Waals surface area contributed by atoms with Gasteiger partial charge < -0.3 is 9.64 Å². The second kappa shape index (κ2) is 7.96. The van der Waals surface area contributed by atoms with Crippen molar-refractivity contribution in [1.29, 1.82) is 0 Å². The van der Waals surface area contributed by atoms with Gasteiger partial charge in [-0.1, -0.05) is 0 Å². The lowest BCUT2D eigenvalue weighted by Gasteiger charge is -2.32. The van der Waals surface area contributed by atoms with Gasteiger partial charge in [0.05, 0.1) is 11.5 Å². The maximum Gasteiger partial charge on any atom is 0.243 e. The molecule has 0 N–H and O–H groups in total. The van der Waals surface area contributed by atoms with Crippen molar-refractivity contribution in [3.05, 3.63) is 23.8 Å². The lowest BCUT2D eigenvalue weighted by molar-refractivity contribution is -0.135. The van der Waals surface area contributed by atoms with Gasteiger partial charge in [0.25, 0.3) is 0 Å². The van der Waals surface area contributed by atoms with E-state index in [4.69, 9.17) is 4.74 Å². The van der Waals surface area contributed by atoms with Gasteiger partial charge in [0, 0.05) is 32.1 Å². The Balaban J connectivity index is 1.66. The summed E-state index contributed by atoms with van der Waals surface area (Å²) in [6.07, 6.45) is 3.36. The van der Waals surface area contributed by atoms with E-state index >= 15 is 0 Å². The third-order valence-corrected chi connectivity index (χ3v) is 7.20. The smallest absolute Gasteiger partial charge is 0.243 e. The Morgan fingerprint density at radius 1 is 1.15 bits per heavy atom. The summed E-state index contributed by atoms with van der Waals surface area (Å²) >= 11 is 0. The number of ether oxygens (including phenoxy) is 1. The average molecular weight is 381 g/mol.